The molecule has 2 rings (SSSR count). The van der Waals surface area contributed by atoms with Gasteiger partial charge < -0.3 is 4.74 Å². The van der Waals surface area contributed by atoms with Gasteiger partial charge >= 0.3 is 0 Å². The van der Waals surface area contributed by atoms with E-state index >= 15 is 0 Å². The van der Waals surface area contributed by atoms with Gasteiger partial charge in [-0.1, -0.05) is 12.1 Å². The predicted molar refractivity (Wildman–Crippen MR) is 54.3 cm³/mol. The number of ether oxygens (including phenoxy) is 1. The van der Waals surface area contributed by atoms with Gasteiger partial charge in [0.2, 0.25) is 0 Å². The molecule has 0 radical (unpaired) electrons. The Labute approximate surface area is 81.3 Å². The zero-order chi connectivity index (χ0) is 9.10. The van der Waals surface area contributed by atoms with Gasteiger partial charge in [-0.2, -0.15) is 0 Å². The van der Waals surface area contributed by atoms with Crippen LogP contribution in [0.1, 0.15) is 4.88 Å². The van der Waals surface area contributed by atoms with E-state index in [-0.39, 0.29) is 6.23 Å². The highest BCUT2D eigenvalue weighted by atomic mass is 32.1. The van der Waals surface area contributed by atoms with Crippen molar-refractivity contribution in [1.82, 2.24) is 0 Å². The number of allylic oxidation sites excluding steroid dienone is 2. The Morgan fingerprint density at radius 3 is 3.15 bits per heavy atom. The summed E-state index contributed by atoms with van der Waals surface area (Å²) in [4.78, 5) is 1.32. The van der Waals surface area contributed by atoms with Crippen LogP contribution in [0.3, 0.4) is 0 Å². The third-order valence-electron chi connectivity index (χ3n) is 1.94. The van der Waals surface area contributed by atoms with Crippen molar-refractivity contribution in [2.75, 3.05) is 0 Å². The van der Waals surface area contributed by atoms with Crippen LogP contribution in [0.25, 0.3) is 0 Å². The largest absolute Gasteiger partial charge is 0.479 e. The molecule has 1 aromatic rings. The normalized spacial score (nSPS) is 21.0. The maximum absolute atomic E-state index is 5.76. The molecule has 0 fully saturated rings. The molecule has 1 aliphatic heterocycles. The minimum atomic E-state index is -0.271. The van der Waals surface area contributed by atoms with Gasteiger partial charge in [-0.25, -0.2) is 0 Å². The van der Waals surface area contributed by atoms with Crippen LogP contribution in [0.2, 0.25) is 0 Å². The van der Waals surface area contributed by atoms with E-state index in [1.54, 1.807) is 17.6 Å². The topological polar surface area (TPSA) is 35.2 Å². The summed E-state index contributed by atoms with van der Waals surface area (Å²) >= 11 is 1.74. The fourth-order valence-corrected chi connectivity index (χ4v) is 1.99. The summed E-state index contributed by atoms with van der Waals surface area (Å²) < 4.78 is 5.17. The molecule has 0 spiro atoms. The van der Waals surface area contributed by atoms with Crippen molar-refractivity contribution >= 4 is 11.3 Å². The summed E-state index contributed by atoms with van der Waals surface area (Å²) in [6, 6.07) is 4.15. The molecule has 1 aliphatic rings. The molecule has 2 N–H and O–H groups in total. The lowest BCUT2D eigenvalue weighted by molar-refractivity contribution is 0.176. The second-order valence-electron chi connectivity index (χ2n) is 2.88. The van der Waals surface area contributed by atoms with Crippen molar-refractivity contribution in [3.05, 3.63) is 46.4 Å². The minimum Gasteiger partial charge on any atom is -0.479 e. The van der Waals surface area contributed by atoms with Gasteiger partial charge in [0.25, 0.3) is 0 Å². The third kappa shape index (κ3) is 1.99. The van der Waals surface area contributed by atoms with Crippen molar-refractivity contribution in [3.63, 3.8) is 0 Å². The molecule has 1 atom stereocenters. The van der Waals surface area contributed by atoms with E-state index < -0.39 is 0 Å². The van der Waals surface area contributed by atoms with Crippen LogP contribution in [0.4, 0.5) is 0 Å². The summed E-state index contributed by atoms with van der Waals surface area (Å²) in [6.45, 7) is 0. The zero-order valence-corrected chi connectivity index (χ0v) is 7.96. The molecule has 68 valence electrons. The van der Waals surface area contributed by atoms with Crippen molar-refractivity contribution in [2.24, 2.45) is 5.73 Å². The first-order chi connectivity index (χ1) is 6.36. The SMILES string of the molecule is NC1OC=CC=C1Cc1cccs1. The minimum absolute atomic E-state index is 0.271. The number of hydrogen-bond donors (Lipinski definition) is 1. The van der Waals surface area contributed by atoms with Crippen LogP contribution in [0.5, 0.6) is 0 Å². The van der Waals surface area contributed by atoms with Crippen LogP contribution < -0.4 is 5.73 Å². The van der Waals surface area contributed by atoms with Crippen LogP contribution in [-0.4, -0.2) is 6.23 Å². The quantitative estimate of drug-likeness (QED) is 0.780. The molecule has 3 heteroatoms. The predicted octanol–water partition coefficient (Wildman–Crippen LogP) is 2.05. The van der Waals surface area contributed by atoms with Gasteiger partial charge in [0, 0.05) is 11.3 Å². The molecular weight excluding hydrogens is 182 g/mol. The lowest BCUT2D eigenvalue weighted by Gasteiger charge is -2.17. The van der Waals surface area contributed by atoms with Crippen LogP contribution >= 0.6 is 11.3 Å². The van der Waals surface area contributed by atoms with Crippen molar-refractivity contribution in [2.45, 2.75) is 12.6 Å². The molecule has 0 saturated carbocycles. The lowest BCUT2D eigenvalue weighted by Crippen LogP contribution is -2.26. The van der Waals surface area contributed by atoms with Crippen LogP contribution in [0.15, 0.2) is 41.5 Å². The summed E-state index contributed by atoms with van der Waals surface area (Å²) in [7, 11) is 0. The van der Waals surface area contributed by atoms with Gasteiger partial charge in [-0.05, 0) is 23.1 Å². The first-order valence-electron chi connectivity index (χ1n) is 4.15. The monoisotopic (exact) mass is 193 g/mol. The molecule has 1 unspecified atom stereocenters. The molecule has 0 saturated heterocycles. The molecule has 0 amide bonds. The Morgan fingerprint density at radius 2 is 2.46 bits per heavy atom. The van der Waals surface area contributed by atoms with Gasteiger partial charge in [-0.15, -0.1) is 11.3 Å². The van der Waals surface area contributed by atoms with E-state index in [1.807, 2.05) is 18.2 Å². The fraction of sp³-hybridized carbons (Fsp3) is 0.200. The van der Waals surface area contributed by atoms with Crippen LogP contribution in [0, 0.1) is 0 Å². The Bertz CT molecular complexity index is 327. The second-order valence-corrected chi connectivity index (χ2v) is 3.92. The summed E-state index contributed by atoms with van der Waals surface area (Å²) in [5.74, 6) is 0. The molecular formula is C10H11NOS. The van der Waals surface area contributed by atoms with Crippen molar-refractivity contribution < 1.29 is 4.74 Å². The molecule has 0 aliphatic carbocycles. The van der Waals surface area contributed by atoms with Gasteiger partial charge in [0.1, 0.15) is 0 Å². The summed E-state index contributed by atoms with van der Waals surface area (Å²) in [5.41, 5.74) is 6.89. The Kier molecular flexibility index (Phi) is 2.47. The van der Waals surface area contributed by atoms with Crippen LogP contribution in [-0.2, 0) is 11.2 Å². The van der Waals surface area contributed by atoms with Gasteiger partial charge in [0.05, 0.1) is 6.26 Å². The van der Waals surface area contributed by atoms with E-state index in [2.05, 4.69) is 11.4 Å². The summed E-state index contributed by atoms with van der Waals surface area (Å²) in [6.07, 6.45) is 6.15. The van der Waals surface area contributed by atoms with E-state index in [1.165, 1.54) is 4.88 Å². The van der Waals surface area contributed by atoms with Gasteiger partial charge in [-0.3, -0.25) is 5.73 Å². The fourth-order valence-electron chi connectivity index (χ4n) is 1.25. The molecule has 0 bridgehead atoms. The molecule has 13 heavy (non-hydrogen) atoms. The Morgan fingerprint density at radius 1 is 1.54 bits per heavy atom. The first-order valence-corrected chi connectivity index (χ1v) is 5.03. The standard InChI is InChI=1S/C10H11NOS/c11-10-8(3-1-5-12-10)7-9-4-2-6-13-9/h1-6,10H,7,11H2. The van der Waals surface area contributed by atoms with Crippen molar-refractivity contribution in [3.8, 4) is 0 Å². The average molecular weight is 193 g/mol. The Balaban J connectivity index is 2.09. The number of hydrogen-bond acceptors (Lipinski definition) is 3. The highest BCUT2D eigenvalue weighted by Crippen LogP contribution is 2.18. The van der Waals surface area contributed by atoms with Gasteiger partial charge in [0.15, 0.2) is 6.23 Å². The zero-order valence-electron chi connectivity index (χ0n) is 7.14. The highest BCUT2D eigenvalue weighted by Gasteiger charge is 2.11. The van der Waals surface area contributed by atoms with E-state index in [0.29, 0.717) is 0 Å². The molecule has 2 nitrogen and oxygen atoms in total. The number of nitrogens with two attached hydrogens (primary N) is 1. The third-order valence-corrected chi connectivity index (χ3v) is 2.81. The smallest absolute Gasteiger partial charge is 0.169 e. The molecule has 0 aromatic carbocycles. The van der Waals surface area contributed by atoms with E-state index in [0.717, 1.165) is 12.0 Å². The van der Waals surface area contributed by atoms with Crippen molar-refractivity contribution in [1.29, 1.82) is 0 Å². The average Bonchev–Trinajstić information content (AvgIpc) is 2.61. The Hall–Kier alpha value is -1.06. The maximum Gasteiger partial charge on any atom is 0.169 e. The second kappa shape index (κ2) is 3.77. The number of rotatable bonds is 2. The first kappa shape index (κ1) is 8.53. The lowest BCUT2D eigenvalue weighted by atomic mass is 10.1. The molecule has 1 aromatic heterocycles. The van der Waals surface area contributed by atoms with E-state index in [4.69, 9.17) is 10.5 Å². The summed E-state index contributed by atoms with van der Waals surface area (Å²) in [5, 5.41) is 2.07. The molecule has 2 heterocycles. The maximum atomic E-state index is 5.76. The van der Waals surface area contributed by atoms with E-state index in [9.17, 15) is 0 Å². The number of thiophene rings is 1. The highest BCUT2D eigenvalue weighted by molar-refractivity contribution is 7.09.